The molecule has 44 heavy (non-hydrogen) atoms. The third-order valence-electron chi connectivity index (χ3n) is 8.24. The van der Waals surface area contributed by atoms with Crippen molar-refractivity contribution >= 4 is 40.1 Å². The lowest BCUT2D eigenvalue weighted by atomic mass is 9.87. The number of nitrogens with one attached hydrogen (secondary N) is 1. The number of esters is 1. The summed E-state index contributed by atoms with van der Waals surface area (Å²) in [5.41, 5.74) is 2.51. The number of rotatable bonds is 10. The van der Waals surface area contributed by atoms with Crippen molar-refractivity contribution in [2.45, 2.75) is 77.7 Å². The standard InChI is InChI=1S/C37H42N2O4S/c1-6-9-29-18-19-30(44-29)23-34(36(41)42-5)39-35(40)33-21-25-12-15-28(43-27-16-13-26(14-17-27)37(2,3)4)22-31(25)32(38-33)20-24-10-7-8-11-24/h6,9,12-19,21-22,24,34H,7-8,10-11,20,23H2,1-5H3,(H,39,40)/b9-6-. The number of pyridine rings is 1. The van der Waals surface area contributed by atoms with E-state index in [1.165, 1.54) is 25.5 Å². The predicted molar refractivity (Wildman–Crippen MR) is 179 cm³/mol. The van der Waals surface area contributed by atoms with Crippen LogP contribution in [0.2, 0.25) is 0 Å². The molecule has 0 bridgehead atoms. The zero-order chi connectivity index (χ0) is 31.3. The predicted octanol–water partition coefficient (Wildman–Crippen LogP) is 8.67. The Hall–Kier alpha value is -3.97. The fourth-order valence-corrected chi connectivity index (χ4v) is 6.83. The molecule has 1 aliphatic rings. The maximum atomic E-state index is 13.6. The van der Waals surface area contributed by atoms with Crippen molar-refractivity contribution in [3.8, 4) is 11.5 Å². The summed E-state index contributed by atoms with van der Waals surface area (Å²) in [5.74, 6) is 1.16. The summed E-state index contributed by atoms with van der Waals surface area (Å²) in [6.45, 7) is 8.55. The Morgan fingerprint density at radius 2 is 1.75 bits per heavy atom. The second-order valence-electron chi connectivity index (χ2n) is 12.6. The molecule has 4 aromatic rings. The number of hydrogen-bond donors (Lipinski definition) is 1. The fraction of sp³-hybridized carbons (Fsp3) is 0.378. The van der Waals surface area contributed by atoms with Crippen LogP contribution in [-0.4, -0.2) is 30.0 Å². The zero-order valence-corrected chi connectivity index (χ0v) is 27.1. The Bertz CT molecular complexity index is 1640. The van der Waals surface area contributed by atoms with Gasteiger partial charge in [0.25, 0.3) is 5.91 Å². The van der Waals surface area contributed by atoms with Crippen LogP contribution < -0.4 is 10.1 Å². The SMILES string of the molecule is C/C=C\c1ccc(CC(NC(=O)c2cc3ccc(Oc4ccc(C(C)(C)C)cc4)cc3c(CC3CCCC3)n2)C(=O)OC)s1. The van der Waals surface area contributed by atoms with Crippen LogP contribution in [0, 0.1) is 5.92 Å². The molecular formula is C37H42N2O4S. The molecule has 230 valence electrons. The molecule has 2 heterocycles. The second kappa shape index (κ2) is 13.8. The number of fused-ring (bicyclic) bond motifs is 1. The van der Waals surface area contributed by atoms with Crippen LogP contribution in [0.4, 0.5) is 0 Å². The molecule has 2 aromatic carbocycles. The number of methoxy groups -OCH3 is 1. The average Bonchev–Trinajstić information content (AvgIpc) is 3.68. The molecule has 0 aliphatic heterocycles. The summed E-state index contributed by atoms with van der Waals surface area (Å²) in [7, 11) is 1.34. The van der Waals surface area contributed by atoms with Gasteiger partial charge in [0.2, 0.25) is 0 Å². The monoisotopic (exact) mass is 610 g/mol. The van der Waals surface area contributed by atoms with E-state index in [1.807, 2.05) is 61.5 Å². The van der Waals surface area contributed by atoms with Crippen molar-refractivity contribution < 1.29 is 19.1 Å². The summed E-state index contributed by atoms with van der Waals surface area (Å²) in [6, 6.07) is 19.1. The van der Waals surface area contributed by atoms with E-state index in [0.717, 1.165) is 57.0 Å². The first-order valence-corrected chi connectivity index (χ1v) is 16.3. The van der Waals surface area contributed by atoms with Gasteiger partial charge in [0.15, 0.2) is 0 Å². The van der Waals surface area contributed by atoms with Gasteiger partial charge >= 0.3 is 5.97 Å². The van der Waals surface area contributed by atoms with Crippen molar-refractivity contribution in [2.75, 3.05) is 7.11 Å². The molecule has 1 saturated carbocycles. The number of benzene rings is 2. The minimum Gasteiger partial charge on any atom is -0.467 e. The van der Waals surface area contributed by atoms with Crippen LogP contribution in [-0.2, 0) is 27.8 Å². The first-order chi connectivity index (χ1) is 21.1. The highest BCUT2D eigenvalue weighted by molar-refractivity contribution is 7.12. The minimum atomic E-state index is -0.819. The largest absolute Gasteiger partial charge is 0.467 e. The smallest absolute Gasteiger partial charge is 0.328 e. The number of carbonyl (C=O) groups excluding carboxylic acids is 2. The van der Waals surface area contributed by atoms with E-state index in [9.17, 15) is 9.59 Å². The van der Waals surface area contributed by atoms with Crippen molar-refractivity contribution in [1.82, 2.24) is 10.3 Å². The highest BCUT2D eigenvalue weighted by Gasteiger charge is 2.25. The molecule has 1 aliphatic carbocycles. The average molecular weight is 611 g/mol. The van der Waals surface area contributed by atoms with Gasteiger partial charge in [-0.3, -0.25) is 4.79 Å². The molecular weight excluding hydrogens is 568 g/mol. The molecule has 2 aromatic heterocycles. The Balaban J connectivity index is 1.42. The number of ether oxygens (including phenoxy) is 2. The van der Waals surface area contributed by atoms with E-state index >= 15 is 0 Å². The first kappa shape index (κ1) is 31.5. The van der Waals surface area contributed by atoms with Crippen molar-refractivity contribution in [3.63, 3.8) is 0 Å². The van der Waals surface area contributed by atoms with E-state index in [-0.39, 0.29) is 11.3 Å². The summed E-state index contributed by atoms with van der Waals surface area (Å²) in [4.78, 5) is 33.3. The fourth-order valence-electron chi connectivity index (χ4n) is 5.81. The van der Waals surface area contributed by atoms with E-state index in [2.05, 4.69) is 38.2 Å². The van der Waals surface area contributed by atoms with Crippen LogP contribution in [0.5, 0.6) is 11.5 Å². The van der Waals surface area contributed by atoms with Gasteiger partial charge in [0.05, 0.1) is 7.11 Å². The second-order valence-corrected chi connectivity index (χ2v) is 13.8. The molecule has 1 atom stereocenters. The Kier molecular flexibility index (Phi) is 9.84. The van der Waals surface area contributed by atoms with Crippen molar-refractivity contribution in [3.05, 3.63) is 93.4 Å². The quantitative estimate of drug-likeness (QED) is 0.182. The number of allylic oxidation sites excluding steroid dienone is 1. The van der Waals surface area contributed by atoms with Crippen LogP contribution in [0.3, 0.4) is 0 Å². The van der Waals surface area contributed by atoms with Gasteiger partial charge in [-0.15, -0.1) is 11.3 Å². The molecule has 7 heteroatoms. The van der Waals surface area contributed by atoms with Gasteiger partial charge in [-0.2, -0.15) is 0 Å². The number of carbonyl (C=O) groups is 2. The number of amides is 1. The first-order valence-electron chi connectivity index (χ1n) is 15.4. The summed E-state index contributed by atoms with van der Waals surface area (Å²) in [6.07, 6.45) is 9.91. The number of thiophene rings is 1. The molecule has 6 nitrogen and oxygen atoms in total. The van der Waals surface area contributed by atoms with Gasteiger partial charge in [-0.05, 0) is 84.2 Å². The molecule has 0 saturated heterocycles. The normalized spacial score (nSPS) is 14.7. The maximum Gasteiger partial charge on any atom is 0.328 e. The Labute approximate surface area is 264 Å². The lowest BCUT2D eigenvalue weighted by molar-refractivity contribution is -0.142. The topological polar surface area (TPSA) is 77.5 Å². The van der Waals surface area contributed by atoms with Crippen LogP contribution in [0.1, 0.15) is 84.9 Å². The van der Waals surface area contributed by atoms with E-state index in [4.69, 9.17) is 14.5 Å². The molecule has 1 unspecified atom stereocenters. The van der Waals surface area contributed by atoms with Gasteiger partial charge in [-0.25, -0.2) is 9.78 Å². The lowest BCUT2D eigenvalue weighted by Gasteiger charge is -2.19. The summed E-state index contributed by atoms with van der Waals surface area (Å²) in [5, 5.41) is 4.80. The summed E-state index contributed by atoms with van der Waals surface area (Å²) >= 11 is 1.59. The molecule has 1 N–H and O–H groups in total. The highest BCUT2D eigenvalue weighted by atomic mass is 32.1. The highest BCUT2D eigenvalue weighted by Crippen LogP contribution is 2.33. The summed E-state index contributed by atoms with van der Waals surface area (Å²) < 4.78 is 11.3. The number of nitrogens with zero attached hydrogens (tertiary/aromatic N) is 1. The molecule has 1 amide bonds. The third kappa shape index (κ3) is 7.75. The van der Waals surface area contributed by atoms with E-state index in [1.54, 1.807) is 17.4 Å². The zero-order valence-electron chi connectivity index (χ0n) is 26.3. The van der Waals surface area contributed by atoms with Crippen molar-refractivity contribution in [1.29, 1.82) is 0 Å². The number of hydrogen-bond acceptors (Lipinski definition) is 6. The van der Waals surface area contributed by atoms with Gasteiger partial charge in [0.1, 0.15) is 23.2 Å². The van der Waals surface area contributed by atoms with E-state index < -0.39 is 12.0 Å². The Morgan fingerprint density at radius 1 is 1.02 bits per heavy atom. The molecule has 1 fully saturated rings. The van der Waals surface area contributed by atoms with Crippen LogP contribution in [0.15, 0.2) is 66.7 Å². The molecule has 0 radical (unpaired) electrons. The number of aromatic nitrogens is 1. The molecule has 0 spiro atoms. The van der Waals surface area contributed by atoms with Gasteiger partial charge < -0.3 is 14.8 Å². The Morgan fingerprint density at radius 3 is 2.43 bits per heavy atom. The van der Waals surface area contributed by atoms with Crippen LogP contribution in [0.25, 0.3) is 16.8 Å². The van der Waals surface area contributed by atoms with Crippen molar-refractivity contribution in [2.24, 2.45) is 5.92 Å². The minimum absolute atomic E-state index is 0.0723. The van der Waals surface area contributed by atoms with Crippen LogP contribution >= 0.6 is 11.3 Å². The van der Waals surface area contributed by atoms with Gasteiger partial charge in [0, 0.05) is 27.3 Å². The van der Waals surface area contributed by atoms with Gasteiger partial charge in [-0.1, -0.05) is 70.7 Å². The van der Waals surface area contributed by atoms with E-state index in [0.29, 0.717) is 18.0 Å². The third-order valence-corrected chi connectivity index (χ3v) is 9.31. The lowest BCUT2D eigenvalue weighted by Crippen LogP contribution is -2.43. The maximum absolute atomic E-state index is 13.6. The molecule has 5 rings (SSSR count).